The Labute approximate surface area is 130 Å². The lowest BCUT2D eigenvalue weighted by Crippen LogP contribution is -2.40. The van der Waals surface area contributed by atoms with E-state index in [0.717, 1.165) is 25.2 Å². The molecule has 116 valence electrons. The molecular formula is C13H20N4O2S2. The van der Waals surface area contributed by atoms with Crippen molar-refractivity contribution in [3.8, 4) is 6.07 Å². The van der Waals surface area contributed by atoms with Crippen molar-refractivity contribution in [3.63, 3.8) is 0 Å². The summed E-state index contributed by atoms with van der Waals surface area (Å²) in [5.41, 5.74) is 2.84. The van der Waals surface area contributed by atoms with Crippen molar-refractivity contribution >= 4 is 21.4 Å². The second-order valence-electron chi connectivity index (χ2n) is 5.08. The van der Waals surface area contributed by atoms with Crippen LogP contribution in [0.1, 0.15) is 25.5 Å². The Morgan fingerprint density at radius 1 is 1.43 bits per heavy atom. The summed E-state index contributed by atoms with van der Waals surface area (Å²) in [6.45, 7) is 4.97. The average molecular weight is 328 g/mol. The Hall–Kier alpha value is -1.01. The van der Waals surface area contributed by atoms with Gasteiger partial charge < -0.3 is 0 Å². The zero-order valence-electron chi connectivity index (χ0n) is 12.1. The summed E-state index contributed by atoms with van der Waals surface area (Å²) in [4.78, 5) is 6.49. The van der Waals surface area contributed by atoms with Crippen molar-refractivity contribution in [2.24, 2.45) is 0 Å². The molecule has 0 unspecified atom stereocenters. The van der Waals surface area contributed by atoms with Crippen LogP contribution >= 0.6 is 11.3 Å². The number of thiazole rings is 1. The highest BCUT2D eigenvalue weighted by Gasteiger charge is 2.32. The van der Waals surface area contributed by atoms with E-state index in [2.05, 4.69) is 9.88 Å². The SMILES string of the molecule is CC[C@@H](C#N)S(=O)(=O)N1CCCN(Cc2cscn2)CC1. The van der Waals surface area contributed by atoms with Crippen LogP contribution in [-0.4, -0.2) is 54.0 Å². The molecule has 0 radical (unpaired) electrons. The molecule has 0 spiro atoms. The minimum absolute atomic E-state index is 0.331. The maximum atomic E-state index is 12.4. The molecule has 1 aromatic rings. The Bertz CT molecular complexity index is 580. The molecule has 0 aromatic carbocycles. The monoisotopic (exact) mass is 328 g/mol. The van der Waals surface area contributed by atoms with E-state index >= 15 is 0 Å². The molecule has 8 heteroatoms. The molecule has 21 heavy (non-hydrogen) atoms. The van der Waals surface area contributed by atoms with Crippen LogP contribution < -0.4 is 0 Å². The Balaban J connectivity index is 1.99. The summed E-state index contributed by atoms with van der Waals surface area (Å²) >= 11 is 1.57. The van der Waals surface area contributed by atoms with Gasteiger partial charge >= 0.3 is 0 Å². The summed E-state index contributed by atoms with van der Waals surface area (Å²) in [5, 5.41) is 10.1. The van der Waals surface area contributed by atoms with E-state index in [1.807, 2.05) is 17.0 Å². The van der Waals surface area contributed by atoms with Crippen molar-refractivity contribution in [3.05, 3.63) is 16.6 Å². The molecule has 1 aliphatic heterocycles. The highest BCUT2D eigenvalue weighted by atomic mass is 32.2. The van der Waals surface area contributed by atoms with Gasteiger partial charge in [0.05, 0.1) is 17.3 Å². The normalized spacial score (nSPS) is 19.8. The van der Waals surface area contributed by atoms with E-state index in [-0.39, 0.29) is 0 Å². The summed E-state index contributed by atoms with van der Waals surface area (Å²) < 4.78 is 26.3. The third kappa shape index (κ3) is 4.01. The Morgan fingerprint density at radius 2 is 2.24 bits per heavy atom. The maximum absolute atomic E-state index is 12.4. The first-order valence-corrected chi connectivity index (χ1v) is 9.50. The zero-order valence-corrected chi connectivity index (χ0v) is 13.7. The summed E-state index contributed by atoms with van der Waals surface area (Å²) in [6.07, 6.45) is 1.11. The zero-order chi connectivity index (χ0) is 15.3. The first kappa shape index (κ1) is 16.4. The quantitative estimate of drug-likeness (QED) is 0.814. The standard InChI is InChI=1S/C13H20N4O2S2/c1-2-13(8-14)21(18,19)17-5-3-4-16(6-7-17)9-12-10-20-11-15-12/h10-11,13H,2-7,9H2,1H3/t13-/m0/s1. The van der Waals surface area contributed by atoms with E-state index in [1.165, 1.54) is 4.31 Å². The van der Waals surface area contributed by atoms with E-state index < -0.39 is 15.3 Å². The lowest BCUT2D eigenvalue weighted by Gasteiger charge is -2.23. The van der Waals surface area contributed by atoms with Gasteiger partial charge in [-0.2, -0.15) is 9.57 Å². The largest absolute Gasteiger partial charge is 0.296 e. The lowest BCUT2D eigenvalue weighted by molar-refractivity contribution is 0.276. The number of nitriles is 1. The van der Waals surface area contributed by atoms with Gasteiger partial charge in [-0.25, -0.2) is 13.4 Å². The highest BCUT2D eigenvalue weighted by Crippen LogP contribution is 2.16. The topological polar surface area (TPSA) is 77.3 Å². The second kappa shape index (κ2) is 7.31. The fraction of sp³-hybridized carbons (Fsp3) is 0.692. The predicted molar refractivity (Wildman–Crippen MR) is 82.2 cm³/mol. The van der Waals surface area contributed by atoms with Crippen LogP contribution in [0.15, 0.2) is 10.9 Å². The third-order valence-electron chi connectivity index (χ3n) is 3.65. The first-order chi connectivity index (χ1) is 10.1. The van der Waals surface area contributed by atoms with Crippen molar-refractivity contribution in [1.82, 2.24) is 14.2 Å². The van der Waals surface area contributed by atoms with Gasteiger partial charge in [0.1, 0.15) is 0 Å². The molecule has 1 saturated heterocycles. The molecule has 1 atom stereocenters. The molecule has 6 nitrogen and oxygen atoms in total. The van der Waals surface area contributed by atoms with Crippen LogP contribution in [0.3, 0.4) is 0 Å². The lowest BCUT2D eigenvalue weighted by atomic mass is 10.3. The maximum Gasteiger partial charge on any atom is 0.230 e. The molecule has 2 heterocycles. The Morgan fingerprint density at radius 3 is 2.86 bits per heavy atom. The molecule has 1 aromatic heterocycles. The molecule has 0 amide bonds. The molecule has 0 bridgehead atoms. The van der Waals surface area contributed by atoms with Gasteiger partial charge in [0.2, 0.25) is 10.0 Å². The van der Waals surface area contributed by atoms with Crippen LogP contribution in [0.2, 0.25) is 0 Å². The van der Waals surface area contributed by atoms with Gasteiger partial charge in [0, 0.05) is 31.6 Å². The van der Waals surface area contributed by atoms with Crippen molar-refractivity contribution in [1.29, 1.82) is 5.26 Å². The second-order valence-corrected chi connectivity index (χ2v) is 7.91. The molecule has 0 saturated carbocycles. The molecule has 0 aliphatic carbocycles. The van der Waals surface area contributed by atoms with Crippen molar-refractivity contribution in [2.75, 3.05) is 26.2 Å². The number of sulfonamides is 1. The summed E-state index contributed by atoms with van der Waals surface area (Å²) in [5.74, 6) is 0. The molecular weight excluding hydrogens is 308 g/mol. The van der Waals surface area contributed by atoms with Gasteiger partial charge in [-0.15, -0.1) is 11.3 Å². The minimum Gasteiger partial charge on any atom is -0.296 e. The van der Waals surface area contributed by atoms with Crippen LogP contribution in [0.4, 0.5) is 0 Å². The molecule has 2 rings (SSSR count). The first-order valence-electron chi connectivity index (χ1n) is 7.06. The van der Waals surface area contributed by atoms with Gasteiger partial charge in [-0.05, 0) is 19.4 Å². The van der Waals surface area contributed by atoms with Gasteiger partial charge in [-0.3, -0.25) is 4.90 Å². The van der Waals surface area contributed by atoms with Gasteiger partial charge in [-0.1, -0.05) is 6.92 Å². The fourth-order valence-electron chi connectivity index (χ4n) is 2.45. The van der Waals surface area contributed by atoms with Crippen molar-refractivity contribution in [2.45, 2.75) is 31.6 Å². The van der Waals surface area contributed by atoms with E-state index in [4.69, 9.17) is 5.26 Å². The van der Waals surface area contributed by atoms with E-state index in [1.54, 1.807) is 18.3 Å². The van der Waals surface area contributed by atoms with E-state index in [0.29, 0.717) is 26.1 Å². The summed E-state index contributed by atoms with van der Waals surface area (Å²) in [7, 11) is -3.50. The number of hydrogen-bond acceptors (Lipinski definition) is 6. The van der Waals surface area contributed by atoms with E-state index in [9.17, 15) is 8.42 Å². The molecule has 1 fully saturated rings. The van der Waals surface area contributed by atoms with Gasteiger partial charge in [0.25, 0.3) is 0 Å². The summed E-state index contributed by atoms with van der Waals surface area (Å²) in [6, 6.07) is 1.91. The average Bonchev–Trinajstić information content (AvgIpc) is 2.84. The molecule has 1 aliphatic rings. The Kier molecular flexibility index (Phi) is 5.70. The minimum atomic E-state index is -3.50. The third-order valence-corrected chi connectivity index (χ3v) is 6.53. The predicted octanol–water partition coefficient (Wildman–Crippen LogP) is 1.28. The smallest absolute Gasteiger partial charge is 0.230 e. The number of hydrogen-bond donors (Lipinski definition) is 0. The van der Waals surface area contributed by atoms with Crippen LogP contribution in [0.5, 0.6) is 0 Å². The number of aromatic nitrogens is 1. The van der Waals surface area contributed by atoms with Crippen LogP contribution in [0.25, 0.3) is 0 Å². The fourth-order valence-corrected chi connectivity index (χ4v) is 4.64. The number of nitrogens with zero attached hydrogens (tertiary/aromatic N) is 4. The van der Waals surface area contributed by atoms with Gasteiger partial charge in [0.15, 0.2) is 5.25 Å². The number of rotatable bonds is 5. The van der Waals surface area contributed by atoms with Crippen LogP contribution in [-0.2, 0) is 16.6 Å². The van der Waals surface area contributed by atoms with Crippen LogP contribution in [0, 0.1) is 11.3 Å². The van der Waals surface area contributed by atoms with Crippen molar-refractivity contribution < 1.29 is 8.42 Å². The molecule has 0 N–H and O–H groups in total. The highest BCUT2D eigenvalue weighted by molar-refractivity contribution is 7.90.